The molecular formula is C11H8N4O9. The normalized spacial score (nSPS) is 16.3. The molecule has 1 amide bonds. The van der Waals surface area contributed by atoms with E-state index in [1.807, 2.05) is 0 Å². The van der Waals surface area contributed by atoms with Crippen LogP contribution in [0.4, 0.5) is 17.1 Å². The number of carbonyl (C=O) groups is 2. The Morgan fingerprint density at radius 3 is 2.00 bits per heavy atom. The zero-order valence-electron chi connectivity index (χ0n) is 11.7. The molecule has 0 aliphatic carbocycles. The Hall–Kier alpha value is -3.64. The van der Waals surface area contributed by atoms with Crippen LogP contribution in [-0.2, 0) is 9.59 Å². The van der Waals surface area contributed by atoms with E-state index in [0.717, 1.165) is 0 Å². The molecule has 0 bridgehead atoms. The van der Waals surface area contributed by atoms with Crippen LogP contribution >= 0.6 is 0 Å². The molecular weight excluding hydrogens is 332 g/mol. The van der Waals surface area contributed by atoms with Crippen molar-refractivity contribution in [1.82, 2.24) is 5.32 Å². The first-order valence-electron chi connectivity index (χ1n) is 6.33. The fourth-order valence-corrected chi connectivity index (χ4v) is 2.03. The fraction of sp³-hybridized carbons (Fsp3) is 0.273. The third-order valence-corrected chi connectivity index (χ3v) is 3.12. The summed E-state index contributed by atoms with van der Waals surface area (Å²) in [7, 11) is 0. The molecule has 0 radical (unpaired) electrons. The Labute approximate surface area is 131 Å². The summed E-state index contributed by atoms with van der Waals surface area (Å²) in [5, 5.41) is 35.0. The number of carbonyl (C=O) groups excluding carboxylic acids is 2. The Bertz CT molecular complexity index is 740. The molecule has 0 aromatic heterocycles. The van der Waals surface area contributed by atoms with E-state index in [9.17, 15) is 39.9 Å². The molecule has 1 saturated heterocycles. The summed E-state index contributed by atoms with van der Waals surface area (Å²) in [5.74, 6) is -2.60. The molecule has 1 unspecified atom stereocenters. The number of esters is 1. The second kappa shape index (κ2) is 6.23. The molecule has 1 aromatic rings. The Balaban J connectivity index is 2.48. The standard InChI is InChI=1S/C11H8N4O9/c16-9-2-1-6(12-9)11(17)24-10-7(14(20)21)3-5(13(18)19)4-8(10)15(22)23/h3-4,6H,1-2H2,(H,12,16). The predicted octanol–water partition coefficient (Wildman–Crippen LogP) is 0.595. The van der Waals surface area contributed by atoms with E-state index in [0.29, 0.717) is 12.1 Å². The number of nitrogens with one attached hydrogen (secondary N) is 1. The minimum atomic E-state index is -1.14. The number of amides is 1. The lowest BCUT2D eigenvalue weighted by molar-refractivity contribution is -0.404. The topological polar surface area (TPSA) is 185 Å². The summed E-state index contributed by atoms with van der Waals surface area (Å²) in [4.78, 5) is 52.4. The van der Waals surface area contributed by atoms with Gasteiger partial charge >= 0.3 is 17.3 Å². The van der Waals surface area contributed by atoms with Gasteiger partial charge in [-0.2, -0.15) is 0 Å². The van der Waals surface area contributed by atoms with Crippen LogP contribution in [-0.4, -0.2) is 32.7 Å². The van der Waals surface area contributed by atoms with Crippen molar-refractivity contribution in [2.75, 3.05) is 0 Å². The molecule has 2 rings (SSSR count). The highest BCUT2D eigenvalue weighted by Crippen LogP contribution is 2.40. The highest BCUT2D eigenvalue weighted by Gasteiger charge is 2.36. The molecule has 1 fully saturated rings. The number of ether oxygens (including phenoxy) is 1. The van der Waals surface area contributed by atoms with Gasteiger partial charge < -0.3 is 10.1 Å². The first kappa shape index (κ1) is 16.7. The zero-order valence-corrected chi connectivity index (χ0v) is 11.7. The predicted molar refractivity (Wildman–Crippen MR) is 73.2 cm³/mol. The molecule has 1 aliphatic rings. The summed E-state index contributed by atoms with van der Waals surface area (Å²) in [5.41, 5.74) is -3.11. The van der Waals surface area contributed by atoms with Gasteiger partial charge in [-0.3, -0.25) is 35.1 Å². The molecule has 0 spiro atoms. The van der Waals surface area contributed by atoms with E-state index in [2.05, 4.69) is 5.32 Å². The van der Waals surface area contributed by atoms with E-state index in [4.69, 9.17) is 4.74 Å². The highest BCUT2D eigenvalue weighted by molar-refractivity contribution is 5.90. The lowest BCUT2D eigenvalue weighted by atomic mass is 10.2. The maximum atomic E-state index is 11.9. The summed E-state index contributed by atoms with van der Waals surface area (Å²) in [6.07, 6.45) is 0.0937. The Kier molecular flexibility index (Phi) is 4.34. The van der Waals surface area contributed by atoms with Crippen LogP contribution < -0.4 is 10.1 Å². The zero-order chi connectivity index (χ0) is 18.0. The average molecular weight is 340 g/mol. The summed E-state index contributed by atoms with van der Waals surface area (Å²) in [6, 6.07) is -0.210. The third-order valence-electron chi connectivity index (χ3n) is 3.12. The van der Waals surface area contributed by atoms with Crippen molar-refractivity contribution in [3.63, 3.8) is 0 Å². The van der Waals surface area contributed by atoms with Crippen molar-refractivity contribution < 1.29 is 29.1 Å². The van der Waals surface area contributed by atoms with Gasteiger partial charge in [0.25, 0.3) is 11.4 Å². The van der Waals surface area contributed by atoms with Gasteiger partial charge in [-0.25, -0.2) is 4.79 Å². The maximum Gasteiger partial charge on any atom is 0.334 e. The van der Waals surface area contributed by atoms with Gasteiger partial charge in [-0.15, -0.1) is 0 Å². The van der Waals surface area contributed by atoms with Gasteiger partial charge in [0.05, 0.1) is 26.9 Å². The third kappa shape index (κ3) is 3.23. The molecule has 0 saturated carbocycles. The van der Waals surface area contributed by atoms with Crippen LogP contribution in [0.5, 0.6) is 5.75 Å². The van der Waals surface area contributed by atoms with Gasteiger partial charge in [0.2, 0.25) is 5.91 Å². The molecule has 1 aromatic carbocycles. The maximum absolute atomic E-state index is 11.9. The second-order valence-electron chi connectivity index (χ2n) is 4.66. The van der Waals surface area contributed by atoms with Crippen LogP contribution in [0.25, 0.3) is 0 Å². The van der Waals surface area contributed by atoms with Gasteiger partial charge in [0.15, 0.2) is 0 Å². The SMILES string of the molecule is O=C1CCC(C(=O)Oc2c([N+](=O)[O-])cc([N+](=O)[O-])cc2[N+](=O)[O-])N1. The van der Waals surface area contributed by atoms with Crippen LogP contribution in [0.1, 0.15) is 12.8 Å². The summed E-state index contributed by atoms with van der Waals surface area (Å²) < 4.78 is 4.71. The number of nitro groups is 3. The molecule has 126 valence electrons. The summed E-state index contributed by atoms with van der Waals surface area (Å²) in [6.45, 7) is 0. The van der Waals surface area contributed by atoms with Crippen molar-refractivity contribution in [3.05, 3.63) is 42.5 Å². The van der Waals surface area contributed by atoms with Crippen LogP contribution in [0.3, 0.4) is 0 Å². The number of benzene rings is 1. The Morgan fingerprint density at radius 2 is 1.62 bits per heavy atom. The molecule has 24 heavy (non-hydrogen) atoms. The van der Waals surface area contributed by atoms with Crippen LogP contribution in [0.15, 0.2) is 12.1 Å². The fourth-order valence-electron chi connectivity index (χ4n) is 2.03. The van der Waals surface area contributed by atoms with Gasteiger partial charge in [-0.05, 0) is 6.42 Å². The molecule has 13 nitrogen and oxygen atoms in total. The first-order chi connectivity index (χ1) is 11.2. The van der Waals surface area contributed by atoms with Gasteiger partial charge in [-0.1, -0.05) is 0 Å². The smallest absolute Gasteiger partial charge is 0.334 e. The largest absolute Gasteiger partial charge is 0.410 e. The van der Waals surface area contributed by atoms with Crippen molar-refractivity contribution >= 4 is 28.9 Å². The molecule has 13 heteroatoms. The highest BCUT2D eigenvalue weighted by atomic mass is 16.6. The average Bonchev–Trinajstić information content (AvgIpc) is 2.93. The van der Waals surface area contributed by atoms with E-state index >= 15 is 0 Å². The number of hydrogen-bond acceptors (Lipinski definition) is 9. The monoisotopic (exact) mass is 340 g/mol. The van der Waals surface area contributed by atoms with Crippen molar-refractivity contribution in [2.45, 2.75) is 18.9 Å². The lowest BCUT2D eigenvalue weighted by Crippen LogP contribution is -2.36. The van der Waals surface area contributed by atoms with E-state index in [1.165, 1.54) is 0 Å². The van der Waals surface area contributed by atoms with E-state index in [1.54, 1.807) is 0 Å². The van der Waals surface area contributed by atoms with Crippen LogP contribution in [0.2, 0.25) is 0 Å². The van der Waals surface area contributed by atoms with Crippen molar-refractivity contribution in [1.29, 1.82) is 0 Å². The minimum Gasteiger partial charge on any atom is -0.410 e. The number of nitrogens with zero attached hydrogens (tertiary/aromatic N) is 3. The van der Waals surface area contributed by atoms with Crippen LogP contribution in [0, 0.1) is 30.3 Å². The number of hydrogen-bond donors (Lipinski definition) is 1. The van der Waals surface area contributed by atoms with Gasteiger partial charge in [0, 0.05) is 6.42 Å². The van der Waals surface area contributed by atoms with E-state index < -0.39 is 55.5 Å². The van der Waals surface area contributed by atoms with E-state index in [-0.39, 0.29) is 12.8 Å². The quantitative estimate of drug-likeness (QED) is 0.346. The first-order valence-corrected chi connectivity index (χ1v) is 6.33. The number of non-ortho nitro benzene ring substituents is 1. The molecule has 1 aliphatic heterocycles. The lowest BCUT2D eigenvalue weighted by Gasteiger charge is -2.10. The Morgan fingerprint density at radius 1 is 1.08 bits per heavy atom. The minimum absolute atomic E-state index is 0.0320. The number of rotatable bonds is 5. The molecule has 1 N–H and O–H groups in total. The summed E-state index contributed by atoms with van der Waals surface area (Å²) >= 11 is 0. The second-order valence-corrected chi connectivity index (χ2v) is 4.66. The van der Waals surface area contributed by atoms with Crippen molar-refractivity contribution in [2.24, 2.45) is 0 Å². The number of nitro benzene ring substituents is 3. The van der Waals surface area contributed by atoms with Crippen molar-refractivity contribution in [3.8, 4) is 5.75 Å². The van der Waals surface area contributed by atoms with Gasteiger partial charge in [0.1, 0.15) is 6.04 Å². The molecule has 1 atom stereocenters. The molecule has 1 heterocycles.